The number of alkyl halides is 3. The van der Waals surface area contributed by atoms with Gasteiger partial charge in [-0.1, -0.05) is 29.8 Å². The fraction of sp³-hybridized carbons (Fsp3) is 0.0909. The lowest BCUT2D eigenvalue weighted by molar-refractivity contribution is -0.137. The number of hydrogen-bond acceptors (Lipinski definition) is 4. The maximum absolute atomic E-state index is 13.0. The zero-order valence-electron chi connectivity index (χ0n) is 16.9. The SMILES string of the molecule is Cc1nc2ccccc2c(=O)n1-c1cccc(NS(=O)(=O)c2cc(C(F)(F)F)ccc2Cl)c1. The van der Waals surface area contributed by atoms with Gasteiger partial charge in [0, 0.05) is 0 Å². The molecule has 170 valence electrons. The molecule has 33 heavy (non-hydrogen) atoms. The summed E-state index contributed by atoms with van der Waals surface area (Å²) >= 11 is 5.88. The van der Waals surface area contributed by atoms with Crippen LogP contribution in [-0.2, 0) is 16.2 Å². The number of fused-ring (bicyclic) bond motifs is 1. The topological polar surface area (TPSA) is 81.1 Å². The molecular formula is C22H15ClF3N3O3S. The van der Waals surface area contributed by atoms with Gasteiger partial charge in [-0.2, -0.15) is 13.2 Å². The molecule has 0 aliphatic rings. The molecule has 0 saturated carbocycles. The molecule has 0 aliphatic carbocycles. The van der Waals surface area contributed by atoms with Crippen LogP contribution < -0.4 is 10.3 Å². The van der Waals surface area contributed by atoms with Crippen LogP contribution in [0.2, 0.25) is 5.02 Å². The second kappa shape index (κ2) is 8.20. The number of aromatic nitrogens is 2. The number of halogens is 4. The van der Waals surface area contributed by atoms with E-state index in [-0.39, 0.29) is 16.3 Å². The molecule has 0 amide bonds. The molecule has 0 bridgehead atoms. The molecule has 0 fully saturated rings. The minimum Gasteiger partial charge on any atom is -0.280 e. The molecule has 0 spiro atoms. The number of rotatable bonds is 4. The molecule has 1 heterocycles. The Morgan fingerprint density at radius 3 is 2.45 bits per heavy atom. The standard InChI is InChI=1S/C22H15ClF3N3O3S/c1-13-27-19-8-3-2-7-17(19)21(30)29(13)16-6-4-5-15(12-16)28-33(31,32)20-11-14(22(24,25)26)9-10-18(20)23/h2-12,28H,1H3. The molecular weight excluding hydrogens is 479 g/mol. The Hall–Kier alpha value is -3.37. The van der Waals surface area contributed by atoms with Gasteiger partial charge in [-0.25, -0.2) is 13.4 Å². The molecule has 0 radical (unpaired) electrons. The highest BCUT2D eigenvalue weighted by atomic mass is 35.5. The summed E-state index contributed by atoms with van der Waals surface area (Å²) in [6.07, 6.45) is -4.74. The number of aryl methyl sites for hydroxylation is 1. The first-order valence-corrected chi connectivity index (χ1v) is 11.3. The van der Waals surface area contributed by atoms with Crippen molar-refractivity contribution in [3.05, 3.63) is 93.5 Å². The molecule has 1 N–H and O–H groups in total. The third-order valence-electron chi connectivity index (χ3n) is 4.85. The normalized spacial score (nSPS) is 12.2. The highest BCUT2D eigenvalue weighted by molar-refractivity contribution is 7.92. The fourth-order valence-electron chi connectivity index (χ4n) is 3.35. The molecule has 4 aromatic rings. The van der Waals surface area contributed by atoms with Gasteiger partial charge >= 0.3 is 6.18 Å². The number of anilines is 1. The van der Waals surface area contributed by atoms with Gasteiger partial charge in [-0.05, 0) is 55.5 Å². The van der Waals surface area contributed by atoms with E-state index in [4.69, 9.17) is 11.6 Å². The lowest BCUT2D eigenvalue weighted by atomic mass is 10.2. The van der Waals surface area contributed by atoms with Crippen molar-refractivity contribution in [2.24, 2.45) is 0 Å². The van der Waals surface area contributed by atoms with Crippen molar-refractivity contribution in [2.45, 2.75) is 18.0 Å². The predicted octanol–water partition coefficient (Wildman–Crippen LogP) is 5.17. The van der Waals surface area contributed by atoms with E-state index in [1.807, 2.05) is 0 Å². The molecule has 0 saturated heterocycles. The first-order chi connectivity index (χ1) is 15.5. The van der Waals surface area contributed by atoms with Crippen LogP contribution in [0.25, 0.3) is 16.6 Å². The smallest absolute Gasteiger partial charge is 0.280 e. The average Bonchev–Trinajstić information content (AvgIpc) is 2.73. The van der Waals surface area contributed by atoms with E-state index in [9.17, 15) is 26.4 Å². The molecule has 6 nitrogen and oxygen atoms in total. The third kappa shape index (κ3) is 4.44. The van der Waals surface area contributed by atoms with Crippen LogP contribution in [0.4, 0.5) is 18.9 Å². The summed E-state index contributed by atoms with van der Waals surface area (Å²) < 4.78 is 68.3. The van der Waals surface area contributed by atoms with Gasteiger partial charge in [0.25, 0.3) is 15.6 Å². The van der Waals surface area contributed by atoms with Crippen molar-refractivity contribution < 1.29 is 21.6 Å². The summed E-state index contributed by atoms with van der Waals surface area (Å²) in [6.45, 7) is 1.63. The van der Waals surface area contributed by atoms with Crippen LogP contribution >= 0.6 is 11.6 Å². The fourth-order valence-corrected chi connectivity index (χ4v) is 4.93. The Morgan fingerprint density at radius 2 is 1.73 bits per heavy atom. The van der Waals surface area contributed by atoms with E-state index in [2.05, 4.69) is 9.71 Å². The highest BCUT2D eigenvalue weighted by Gasteiger charge is 2.32. The van der Waals surface area contributed by atoms with Crippen LogP contribution in [0.1, 0.15) is 11.4 Å². The van der Waals surface area contributed by atoms with Crippen molar-refractivity contribution in [3.63, 3.8) is 0 Å². The Balaban J connectivity index is 1.76. The molecule has 4 rings (SSSR count). The molecule has 0 aliphatic heterocycles. The van der Waals surface area contributed by atoms with Gasteiger partial charge in [0.05, 0.1) is 32.9 Å². The lowest BCUT2D eigenvalue weighted by Crippen LogP contribution is -2.22. The summed E-state index contributed by atoms with van der Waals surface area (Å²) in [7, 11) is -4.47. The van der Waals surface area contributed by atoms with Gasteiger partial charge in [-0.3, -0.25) is 14.1 Å². The van der Waals surface area contributed by atoms with E-state index in [0.717, 1.165) is 6.07 Å². The van der Waals surface area contributed by atoms with Crippen molar-refractivity contribution in [1.82, 2.24) is 9.55 Å². The minimum absolute atomic E-state index is 0.0282. The molecule has 1 aromatic heterocycles. The highest BCUT2D eigenvalue weighted by Crippen LogP contribution is 2.34. The summed E-state index contributed by atoms with van der Waals surface area (Å²) in [5.41, 5.74) is -0.622. The van der Waals surface area contributed by atoms with Crippen LogP contribution in [0.5, 0.6) is 0 Å². The van der Waals surface area contributed by atoms with Gasteiger partial charge in [-0.15, -0.1) is 0 Å². The zero-order chi connectivity index (χ0) is 24.0. The van der Waals surface area contributed by atoms with E-state index >= 15 is 0 Å². The number of sulfonamides is 1. The van der Waals surface area contributed by atoms with Crippen LogP contribution in [0.3, 0.4) is 0 Å². The van der Waals surface area contributed by atoms with Crippen molar-refractivity contribution >= 4 is 38.2 Å². The van der Waals surface area contributed by atoms with Crippen LogP contribution in [0, 0.1) is 6.92 Å². The number of nitrogens with one attached hydrogen (secondary N) is 1. The predicted molar refractivity (Wildman–Crippen MR) is 119 cm³/mol. The maximum atomic E-state index is 13.0. The monoisotopic (exact) mass is 493 g/mol. The Labute approximate surface area is 191 Å². The number of nitrogens with zero attached hydrogens (tertiary/aromatic N) is 2. The van der Waals surface area contributed by atoms with E-state index in [1.165, 1.54) is 22.8 Å². The van der Waals surface area contributed by atoms with Crippen LogP contribution in [0.15, 0.2) is 76.4 Å². The Bertz CT molecular complexity index is 1550. The van der Waals surface area contributed by atoms with Crippen LogP contribution in [-0.4, -0.2) is 18.0 Å². The third-order valence-corrected chi connectivity index (χ3v) is 6.71. The molecule has 3 aromatic carbocycles. The van der Waals surface area contributed by atoms with Gasteiger partial charge in [0.2, 0.25) is 0 Å². The van der Waals surface area contributed by atoms with Gasteiger partial charge in [0.1, 0.15) is 10.7 Å². The zero-order valence-corrected chi connectivity index (χ0v) is 18.5. The quantitative estimate of drug-likeness (QED) is 0.425. The summed E-state index contributed by atoms with van der Waals surface area (Å²) in [5.74, 6) is 0.375. The van der Waals surface area contributed by atoms with E-state index in [0.29, 0.717) is 34.5 Å². The number of benzene rings is 3. The number of para-hydroxylation sites is 1. The van der Waals surface area contributed by atoms with Gasteiger partial charge in [0.15, 0.2) is 0 Å². The summed E-state index contributed by atoms with van der Waals surface area (Å²) in [5, 5.41) is 0.0160. The Kier molecular flexibility index (Phi) is 5.67. The molecule has 0 unspecified atom stereocenters. The second-order valence-corrected chi connectivity index (χ2v) is 9.17. The summed E-state index contributed by atoms with van der Waals surface area (Å²) in [6, 6.07) is 14.7. The minimum atomic E-state index is -4.74. The molecule has 11 heteroatoms. The lowest BCUT2D eigenvalue weighted by Gasteiger charge is -2.14. The maximum Gasteiger partial charge on any atom is 0.416 e. The Morgan fingerprint density at radius 1 is 1.00 bits per heavy atom. The van der Waals surface area contributed by atoms with Crippen molar-refractivity contribution in [1.29, 1.82) is 0 Å². The van der Waals surface area contributed by atoms with E-state index in [1.54, 1.807) is 37.3 Å². The molecule has 0 atom stereocenters. The van der Waals surface area contributed by atoms with Crippen molar-refractivity contribution in [2.75, 3.05) is 4.72 Å². The largest absolute Gasteiger partial charge is 0.416 e. The second-order valence-electron chi connectivity index (χ2n) is 7.12. The summed E-state index contributed by atoms with van der Waals surface area (Å²) in [4.78, 5) is 16.7. The average molecular weight is 494 g/mol. The first-order valence-electron chi connectivity index (χ1n) is 9.46. The first kappa shape index (κ1) is 22.8. The van der Waals surface area contributed by atoms with Crippen molar-refractivity contribution in [3.8, 4) is 5.69 Å². The van der Waals surface area contributed by atoms with Gasteiger partial charge < -0.3 is 0 Å². The number of hydrogen-bond donors (Lipinski definition) is 1. The van der Waals surface area contributed by atoms with E-state index < -0.39 is 26.7 Å².